The maximum atomic E-state index is 11.6. The first-order valence-corrected chi connectivity index (χ1v) is 5.20. The van der Waals surface area contributed by atoms with Gasteiger partial charge in [0.05, 0.1) is 0 Å². The lowest BCUT2D eigenvalue weighted by Gasteiger charge is -2.32. The molecule has 1 aliphatic carbocycles. The summed E-state index contributed by atoms with van der Waals surface area (Å²) in [6.45, 7) is 0.711. The lowest BCUT2D eigenvalue weighted by atomic mass is 9.81. The van der Waals surface area contributed by atoms with Gasteiger partial charge in [0.25, 0.3) is 5.91 Å². The molecule has 0 spiro atoms. The highest BCUT2D eigenvalue weighted by Gasteiger charge is 2.25. The standard InChI is InChI=1S/C11H15N3O/c12-9-5-8(6-9)7-14-11(15)10-3-1-2-4-13-10/h1-4,8-9H,5-7,12H2,(H,14,15). The predicted octanol–water partition coefficient (Wildman–Crippen LogP) is 0.549. The van der Waals surface area contributed by atoms with Crippen molar-refractivity contribution in [3.8, 4) is 0 Å². The van der Waals surface area contributed by atoms with Crippen LogP contribution in [0.15, 0.2) is 24.4 Å². The largest absolute Gasteiger partial charge is 0.350 e. The van der Waals surface area contributed by atoms with Crippen molar-refractivity contribution in [3.05, 3.63) is 30.1 Å². The highest BCUT2D eigenvalue weighted by atomic mass is 16.1. The summed E-state index contributed by atoms with van der Waals surface area (Å²) in [7, 11) is 0. The lowest BCUT2D eigenvalue weighted by molar-refractivity contribution is 0.0930. The van der Waals surface area contributed by atoms with E-state index in [1.54, 1.807) is 24.4 Å². The van der Waals surface area contributed by atoms with E-state index < -0.39 is 0 Å². The van der Waals surface area contributed by atoms with Crippen molar-refractivity contribution >= 4 is 5.91 Å². The van der Waals surface area contributed by atoms with Gasteiger partial charge in [-0.3, -0.25) is 9.78 Å². The van der Waals surface area contributed by atoms with Crippen LogP contribution in [0.1, 0.15) is 23.3 Å². The van der Waals surface area contributed by atoms with E-state index in [-0.39, 0.29) is 5.91 Å². The SMILES string of the molecule is NC1CC(CNC(=O)c2ccccn2)C1. The second-order valence-corrected chi connectivity index (χ2v) is 4.02. The molecule has 0 saturated heterocycles. The minimum atomic E-state index is -0.101. The topological polar surface area (TPSA) is 68.0 Å². The molecule has 1 aliphatic rings. The molecule has 1 saturated carbocycles. The molecule has 0 bridgehead atoms. The molecule has 0 atom stereocenters. The van der Waals surface area contributed by atoms with Crippen LogP contribution in [0.25, 0.3) is 0 Å². The van der Waals surface area contributed by atoms with E-state index in [1.807, 2.05) is 0 Å². The minimum Gasteiger partial charge on any atom is -0.350 e. The van der Waals surface area contributed by atoms with Crippen LogP contribution in [-0.4, -0.2) is 23.5 Å². The molecule has 15 heavy (non-hydrogen) atoms. The normalized spacial score (nSPS) is 24.3. The number of carbonyl (C=O) groups excluding carboxylic acids is 1. The summed E-state index contributed by atoms with van der Waals surface area (Å²) in [5.41, 5.74) is 6.13. The van der Waals surface area contributed by atoms with Crippen molar-refractivity contribution < 1.29 is 4.79 Å². The van der Waals surface area contributed by atoms with Crippen LogP contribution in [0, 0.1) is 5.92 Å². The number of nitrogens with zero attached hydrogens (tertiary/aromatic N) is 1. The Morgan fingerprint density at radius 2 is 2.33 bits per heavy atom. The van der Waals surface area contributed by atoms with Crippen LogP contribution in [0.2, 0.25) is 0 Å². The monoisotopic (exact) mass is 205 g/mol. The Morgan fingerprint density at radius 1 is 1.53 bits per heavy atom. The van der Waals surface area contributed by atoms with Crippen molar-refractivity contribution in [2.75, 3.05) is 6.54 Å². The van der Waals surface area contributed by atoms with Crippen LogP contribution in [0.3, 0.4) is 0 Å². The number of amides is 1. The molecular weight excluding hydrogens is 190 g/mol. The number of carbonyl (C=O) groups is 1. The highest BCUT2D eigenvalue weighted by Crippen LogP contribution is 2.24. The summed E-state index contributed by atoms with van der Waals surface area (Å²) in [5, 5.41) is 2.86. The van der Waals surface area contributed by atoms with E-state index >= 15 is 0 Å². The number of hydrogen-bond acceptors (Lipinski definition) is 3. The van der Waals surface area contributed by atoms with Crippen LogP contribution in [0.5, 0.6) is 0 Å². The molecule has 80 valence electrons. The van der Waals surface area contributed by atoms with Gasteiger partial charge in [-0.25, -0.2) is 0 Å². The quantitative estimate of drug-likeness (QED) is 0.757. The maximum Gasteiger partial charge on any atom is 0.269 e. The summed E-state index contributed by atoms with van der Waals surface area (Å²) >= 11 is 0. The number of hydrogen-bond donors (Lipinski definition) is 2. The van der Waals surface area contributed by atoms with Crippen LogP contribution >= 0.6 is 0 Å². The summed E-state index contributed by atoms with van der Waals surface area (Å²) in [6.07, 6.45) is 3.65. The molecule has 0 aliphatic heterocycles. The minimum absolute atomic E-state index is 0.101. The third kappa shape index (κ3) is 2.53. The van der Waals surface area contributed by atoms with Gasteiger partial charge in [0.2, 0.25) is 0 Å². The molecule has 3 N–H and O–H groups in total. The van der Waals surface area contributed by atoms with Gasteiger partial charge in [-0.15, -0.1) is 0 Å². The molecule has 0 aromatic carbocycles. The zero-order valence-corrected chi connectivity index (χ0v) is 8.52. The zero-order valence-electron chi connectivity index (χ0n) is 8.52. The Bertz CT molecular complexity index is 333. The van der Waals surface area contributed by atoms with E-state index in [9.17, 15) is 4.79 Å². The fraction of sp³-hybridized carbons (Fsp3) is 0.455. The molecule has 0 radical (unpaired) electrons. The van der Waals surface area contributed by atoms with Gasteiger partial charge >= 0.3 is 0 Å². The maximum absolute atomic E-state index is 11.6. The molecule has 4 heteroatoms. The van der Waals surface area contributed by atoms with E-state index in [0.29, 0.717) is 24.2 Å². The number of nitrogens with two attached hydrogens (primary N) is 1. The Labute approximate surface area is 88.9 Å². The molecule has 1 amide bonds. The predicted molar refractivity (Wildman–Crippen MR) is 57.3 cm³/mol. The first-order valence-electron chi connectivity index (χ1n) is 5.20. The second kappa shape index (κ2) is 4.40. The Morgan fingerprint density at radius 3 is 2.93 bits per heavy atom. The smallest absolute Gasteiger partial charge is 0.269 e. The highest BCUT2D eigenvalue weighted by molar-refractivity contribution is 5.92. The van der Waals surface area contributed by atoms with Gasteiger partial charge in [0.15, 0.2) is 0 Å². The van der Waals surface area contributed by atoms with Gasteiger partial charge in [-0.05, 0) is 30.9 Å². The average Bonchev–Trinajstić information content (AvgIpc) is 2.23. The Hall–Kier alpha value is -1.42. The Balaban J connectivity index is 1.78. The zero-order chi connectivity index (χ0) is 10.7. The van der Waals surface area contributed by atoms with Crippen LogP contribution in [-0.2, 0) is 0 Å². The van der Waals surface area contributed by atoms with E-state index in [0.717, 1.165) is 12.8 Å². The molecule has 1 fully saturated rings. The number of aromatic nitrogens is 1. The lowest BCUT2D eigenvalue weighted by Crippen LogP contribution is -2.42. The Kier molecular flexibility index (Phi) is 2.97. The van der Waals surface area contributed by atoms with Crippen molar-refractivity contribution in [2.24, 2.45) is 11.7 Å². The third-order valence-corrected chi connectivity index (χ3v) is 2.72. The van der Waals surface area contributed by atoms with Crippen LogP contribution in [0.4, 0.5) is 0 Å². The van der Waals surface area contributed by atoms with Gasteiger partial charge < -0.3 is 11.1 Å². The van der Waals surface area contributed by atoms with Crippen molar-refractivity contribution in [1.82, 2.24) is 10.3 Å². The summed E-state index contributed by atoms with van der Waals surface area (Å²) in [6, 6.07) is 5.65. The summed E-state index contributed by atoms with van der Waals surface area (Å²) in [4.78, 5) is 15.5. The van der Waals surface area contributed by atoms with E-state index in [4.69, 9.17) is 5.73 Å². The second-order valence-electron chi connectivity index (χ2n) is 4.02. The molecule has 2 rings (SSSR count). The summed E-state index contributed by atoms with van der Waals surface area (Å²) < 4.78 is 0. The van der Waals surface area contributed by atoms with Crippen molar-refractivity contribution in [3.63, 3.8) is 0 Å². The molecule has 4 nitrogen and oxygen atoms in total. The van der Waals surface area contributed by atoms with Crippen molar-refractivity contribution in [2.45, 2.75) is 18.9 Å². The number of pyridine rings is 1. The fourth-order valence-electron chi connectivity index (χ4n) is 1.78. The van der Waals surface area contributed by atoms with E-state index in [2.05, 4.69) is 10.3 Å². The molecule has 1 aromatic rings. The first kappa shape index (κ1) is 10.1. The van der Waals surface area contributed by atoms with Gasteiger partial charge in [0.1, 0.15) is 5.69 Å². The fourth-order valence-corrected chi connectivity index (χ4v) is 1.78. The van der Waals surface area contributed by atoms with E-state index in [1.165, 1.54) is 0 Å². The molecule has 0 unspecified atom stereocenters. The molecule has 1 heterocycles. The average molecular weight is 205 g/mol. The van der Waals surface area contributed by atoms with Crippen LogP contribution < -0.4 is 11.1 Å². The number of nitrogens with one attached hydrogen (secondary N) is 1. The summed E-state index contributed by atoms with van der Waals surface area (Å²) in [5.74, 6) is 0.448. The molecule has 1 aromatic heterocycles. The molecular formula is C11H15N3O. The first-order chi connectivity index (χ1) is 7.25. The van der Waals surface area contributed by atoms with Gasteiger partial charge in [-0.2, -0.15) is 0 Å². The number of rotatable bonds is 3. The van der Waals surface area contributed by atoms with Crippen molar-refractivity contribution in [1.29, 1.82) is 0 Å². The van der Waals surface area contributed by atoms with Gasteiger partial charge in [-0.1, -0.05) is 6.07 Å². The third-order valence-electron chi connectivity index (χ3n) is 2.72. The van der Waals surface area contributed by atoms with Gasteiger partial charge in [0, 0.05) is 18.8 Å².